The van der Waals surface area contributed by atoms with E-state index in [-0.39, 0.29) is 29.2 Å². The van der Waals surface area contributed by atoms with Crippen LogP contribution >= 0.6 is 0 Å². The summed E-state index contributed by atoms with van der Waals surface area (Å²) in [5, 5.41) is 3.18. The first-order valence-electron chi connectivity index (χ1n) is 12.5. The van der Waals surface area contributed by atoms with Crippen LogP contribution in [0.15, 0.2) is 36.7 Å². The van der Waals surface area contributed by atoms with Crippen LogP contribution in [0.1, 0.15) is 48.3 Å². The van der Waals surface area contributed by atoms with Gasteiger partial charge in [0.2, 0.25) is 5.95 Å². The Morgan fingerprint density at radius 2 is 1.65 bits per heavy atom. The number of piperidine rings is 1. The number of rotatable bonds is 8. The van der Waals surface area contributed by atoms with Gasteiger partial charge in [0.25, 0.3) is 0 Å². The highest BCUT2D eigenvalue weighted by Crippen LogP contribution is 2.45. The summed E-state index contributed by atoms with van der Waals surface area (Å²) < 4.78 is 45.2. The highest BCUT2D eigenvalue weighted by molar-refractivity contribution is 5.58. The van der Waals surface area contributed by atoms with E-state index in [1.807, 2.05) is 12.1 Å². The zero-order chi connectivity index (χ0) is 26.1. The zero-order valence-corrected chi connectivity index (χ0v) is 21.6. The molecule has 2 aliphatic heterocycles. The van der Waals surface area contributed by atoms with Gasteiger partial charge in [0.1, 0.15) is 18.2 Å². The van der Waals surface area contributed by atoms with Crippen molar-refractivity contribution in [3.05, 3.63) is 65.0 Å². The van der Waals surface area contributed by atoms with Gasteiger partial charge < -0.3 is 24.4 Å². The number of aromatic nitrogens is 2. The van der Waals surface area contributed by atoms with Crippen molar-refractivity contribution in [1.29, 1.82) is 0 Å². The summed E-state index contributed by atoms with van der Waals surface area (Å²) in [6.45, 7) is 1.23. The third-order valence-electron chi connectivity index (χ3n) is 7.70. The fourth-order valence-electron chi connectivity index (χ4n) is 5.61. The maximum atomic E-state index is 14.5. The molecule has 37 heavy (non-hydrogen) atoms. The molecule has 0 aliphatic carbocycles. The molecule has 1 N–H and O–H groups in total. The number of hydrogen-bond acceptors (Lipinski definition) is 7. The van der Waals surface area contributed by atoms with Crippen molar-refractivity contribution in [2.45, 2.75) is 57.2 Å². The quantitative estimate of drug-likeness (QED) is 0.414. The van der Waals surface area contributed by atoms with E-state index in [0.717, 1.165) is 24.3 Å². The Bertz CT molecular complexity index is 1260. The van der Waals surface area contributed by atoms with E-state index in [1.165, 1.54) is 44.0 Å². The SMILES string of the molecule is COc1cc(Nc2ncc(OCc3c(F)c(C)cc(OC)c3F)cn2)ccc1C1CC2CCC(C1)N2C. The van der Waals surface area contributed by atoms with Crippen LogP contribution in [0.25, 0.3) is 0 Å². The molecule has 1 aromatic heterocycles. The lowest BCUT2D eigenvalue weighted by atomic mass is 9.84. The predicted molar refractivity (Wildman–Crippen MR) is 137 cm³/mol. The van der Waals surface area contributed by atoms with Gasteiger partial charge in [-0.2, -0.15) is 0 Å². The number of hydrogen-bond donors (Lipinski definition) is 1. The van der Waals surface area contributed by atoms with Crippen LogP contribution in [0, 0.1) is 18.6 Å². The molecule has 0 saturated carbocycles. The molecule has 0 radical (unpaired) electrons. The molecule has 2 saturated heterocycles. The molecule has 2 unspecified atom stereocenters. The Morgan fingerprint density at radius 3 is 2.30 bits per heavy atom. The second-order valence-corrected chi connectivity index (χ2v) is 9.83. The minimum atomic E-state index is -0.782. The molecule has 7 nitrogen and oxygen atoms in total. The van der Waals surface area contributed by atoms with E-state index in [0.29, 0.717) is 23.9 Å². The molecule has 5 rings (SSSR count). The first-order chi connectivity index (χ1) is 17.9. The topological polar surface area (TPSA) is 68.7 Å². The van der Waals surface area contributed by atoms with Gasteiger partial charge in [-0.1, -0.05) is 6.07 Å². The van der Waals surface area contributed by atoms with Crippen LogP contribution in [0.3, 0.4) is 0 Å². The van der Waals surface area contributed by atoms with Crippen LogP contribution < -0.4 is 19.5 Å². The van der Waals surface area contributed by atoms with Gasteiger partial charge in [-0.15, -0.1) is 0 Å². The van der Waals surface area contributed by atoms with Crippen LogP contribution in [0.5, 0.6) is 17.2 Å². The number of methoxy groups -OCH3 is 2. The van der Waals surface area contributed by atoms with E-state index in [9.17, 15) is 8.78 Å². The lowest BCUT2D eigenvalue weighted by Gasteiger charge is -2.37. The van der Waals surface area contributed by atoms with Crippen molar-refractivity contribution < 1.29 is 23.0 Å². The Labute approximate surface area is 215 Å². The number of anilines is 2. The van der Waals surface area contributed by atoms with Crippen LogP contribution in [-0.2, 0) is 6.61 Å². The summed E-state index contributed by atoms with van der Waals surface area (Å²) >= 11 is 0. The van der Waals surface area contributed by atoms with E-state index in [4.69, 9.17) is 14.2 Å². The summed E-state index contributed by atoms with van der Waals surface area (Å²) in [6, 6.07) is 8.75. The number of nitrogens with one attached hydrogen (secondary N) is 1. The highest BCUT2D eigenvalue weighted by Gasteiger charge is 2.39. The summed E-state index contributed by atoms with van der Waals surface area (Å²) in [5.74, 6) is 0.532. The van der Waals surface area contributed by atoms with Crippen molar-refractivity contribution in [3.8, 4) is 17.2 Å². The summed E-state index contributed by atoms with van der Waals surface area (Å²) in [6.07, 6.45) is 7.78. The Kier molecular flexibility index (Phi) is 7.15. The van der Waals surface area contributed by atoms with E-state index in [2.05, 4.69) is 33.3 Å². The first-order valence-corrected chi connectivity index (χ1v) is 12.5. The molecule has 2 atom stereocenters. The van der Waals surface area contributed by atoms with Crippen molar-refractivity contribution in [1.82, 2.24) is 14.9 Å². The van der Waals surface area contributed by atoms with Crippen molar-refractivity contribution in [3.63, 3.8) is 0 Å². The van der Waals surface area contributed by atoms with Crippen LogP contribution in [0.4, 0.5) is 20.4 Å². The maximum Gasteiger partial charge on any atom is 0.227 e. The molecule has 2 aromatic carbocycles. The molecule has 196 valence electrons. The summed E-state index contributed by atoms with van der Waals surface area (Å²) in [5.41, 5.74) is 2.12. The number of fused-ring (bicyclic) bond motifs is 2. The van der Waals surface area contributed by atoms with Gasteiger partial charge in [-0.25, -0.2) is 18.7 Å². The molecule has 0 spiro atoms. The number of halogens is 2. The van der Waals surface area contributed by atoms with Gasteiger partial charge in [-0.3, -0.25) is 0 Å². The van der Waals surface area contributed by atoms with Crippen molar-refractivity contribution in [2.24, 2.45) is 0 Å². The summed E-state index contributed by atoms with van der Waals surface area (Å²) in [7, 11) is 5.28. The zero-order valence-electron chi connectivity index (χ0n) is 21.6. The predicted octanol–water partition coefficient (Wildman–Crippen LogP) is 5.74. The lowest BCUT2D eigenvalue weighted by molar-refractivity contribution is 0.160. The lowest BCUT2D eigenvalue weighted by Crippen LogP contribution is -2.39. The van der Waals surface area contributed by atoms with E-state index < -0.39 is 11.6 Å². The Balaban J connectivity index is 1.24. The van der Waals surface area contributed by atoms with Gasteiger partial charge in [-0.05, 0) is 68.8 Å². The normalized spacial score (nSPS) is 21.1. The van der Waals surface area contributed by atoms with E-state index in [1.54, 1.807) is 14.0 Å². The monoisotopic (exact) mass is 510 g/mol. The fraction of sp³-hybridized carbons (Fsp3) is 0.429. The first kappa shape index (κ1) is 25.2. The number of benzene rings is 2. The van der Waals surface area contributed by atoms with Gasteiger partial charge in [0, 0.05) is 23.8 Å². The molecule has 0 amide bonds. The van der Waals surface area contributed by atoms with Gasteiger partial charge in [0.15, 0.2) is 17.3 Å². The Morgan fingerprint density at radius 1 is 0.973 bits per heavy atom. The third kappa shape index (κ3) is 5.05. The average molecular weight is 511 g/mol. The molecular weight excluding hydrogens is 478 g/mol. The smallest absolute Gasteiger partial charge is 0.227 e. The minimum Gasteiger partial charge on any atom is -0.496 e. The van der Waals surface area contributed by atoms with Crippen LogP contribution in [0.2, 0.25) is 0 Å². The van der Waals surface area contributed by atoms with E-state index >= 15 is 0 Å². The second-order valence-electron chi connectivity index (χ2n) is 9.83. The molecule has 3 aromatic rings. The van der Waals surface area contributed by atoms with Gasteiger partial charge in [0.05, 0.1) is 32.2 Å². The molecule has 2 bridgehead atoms. The highest BCUT2D eigenvalue weighted by atomic mass is 19.1. The Hall–Kier alpha value is -3.46. The standard InChI is InChI=1S/C28H32F2N4O3/c1-16-9-25(36-4)27(30)23(26(16)29)15-37-21-13-31-28(32-14-21)33-18-5-8-22(24(12-18)35-3)17-10-19-6-7-20(11-17)34(19)2/h5,8-9,12-14,17,19-20H,6-7,10-11,15H2,1-4H3,(H,31,32,33). The largest absolute Gasteiger partial charge is 0.496 e. The average Bonchev–Trinajstić information content (AvgIpc) is 3.10. The number of nitrogens with zero attached hydrogens (tertiary/aromatic N) is 3. The number of ether oxygens (including phenoxy) is 3. The maximum absolute atomic E-state index is 14.5. The molecule has 9 heteroatoms. The second kappa shape index (κ2) is 10.5. The van der Waals surface area contributed by atoms with Crippen LogP contribution in [-0.4, -0.2) is 48.2 Å². The molecular formula is C28H32F2N4O3. The molecule has 2 fully saturated rings. The van der Waals surface area contributed by atoms with Gasteiger partial charge >= 0.3 is 0 Å². The fourth-order valence-corrected chi connectivity index (χ4v) is 5.61. The summed E-state index contributed by atoms with van der Waals surface area (Å²) in [4.78, 5) is 11.1. The minimum absolute atomic E-state index is 0.0297. The number of aryl methyl sites for hydroxylation is 1. The third-order valence-corrected chi connectivity index (χ3v) is 7.70. The molecule has 3 heterocycles. The van der Waals surface area contributed by atoms with Crippen molar-refractivity contribution in [2.75, 3.05) is 26.6 Å². The molecule has 2 aliphatic rings. The van der Waals surface area contributed by atoms with Crippen molar-refractivity contribution >= 4 is 11.6 Å².